The van der Waals surface area contributed by atoms with Crippen molar-refractivity contribution in [3.05, 3.63) is 51.0 Å². The Bertz CT molecular complexity index is 887. The van der Waals surface area contributed by atoms with Crippen LogP contribution in [0.4, 0.5) is 0 Å². The fourth-order valence-electron chi connectivity index (χ4n) is 2.25. The van der Waals surface area contributed by atoms with E-state index in [1.54, 1.807) is 25.1 Å². The number of nitrogens with one attached hydrogen (secondary N) is 1. The maximum absolute atomic E-state index is 12.7. The number of sulfonamides is 1. The molecular formula is C16H16Cl3NO4S. The molecule has 2 aromatic rings. The van der Waals surface area contributed by atoms with Crippen LogP contribution in [0.3, 0.4) is 0 Å². The molecule has 0 aliphatic carbocycles. The minimum atomic E-state index is -3.94. The summed E-state index contributed by atoms with van der Waals surface area (Å²) in [5, 5.41) is 0.248. The quantitative estimate of drug-likeness (QED) is 0.682. The lowest BCUT2D eigenvalue weighted by Crippen LogP contribution is -2.27. The molecule has 0 spiro atoms. The van der Waals surface area contributed by atoms with Gasteiger partial charge in [0, 0.05) is 11.6 Å². The van der Waals surface area contributed by atoms with Gasteiger partial charge in [0.05, 0.1) is 29.3 Å². The average molecular weight is 425 g/mol. The van der Waals surface area contributed by atoms with Crippen LogP contribution < -0.4 is 14.2 Å². The summed E-state index contributed by atoms with van der Waals surface area (Å²) in [6.45, 7) is 1.68. The molecular weight excluding hydrogens is 409 g/mol. The van der Waals surface area contributed by atoms with Crippen LogP contribution in [0.5, 0.6) is 11.5 Å². The molecule has 2 rings (SSSR count). The Kier molecular flexibility index (Phi) is 6.45. The maximum atomic E-state index is 12.7. The molecule has 0 saturated carbocycles. The molecule has 2 aromatic carbocycles. The van der Waals surface area contributed by atoms with Gasteiger partial charge in [-0.2, -0.15) is 0 Å². The van der Waals surface area contributed by atoms with E-state index in [1.807, 2.05) is 0 Å². The van der Waals surface area contributed by atoms with Crippen LogP contribution in [0.15, 0.2) is 35.2 Å². The fraction of sp³-hybridized carbons (Fsp3) is 0.250. The minimum absolute atomic E-state index is 0.0216. The van der Waals surface area contributed by atoms with E-state index >= 15 is 0 Å². The third kappa shape index (κ3) is 4.51. The van der Waals surface area contributed by atoms with Gasteiger partial charge in [0.25, 0.3) is 0 Å². The highest BCUT2D eigenvalue weighted by molar-refractivity contribution is 7.89. The van der Waals surface area contributed by atoms with E-state index in [0.29, 0.717) is 17.1 Å². The van der Waals surface area contributed by atoms with Crippen molar-refractivity contribution in [2.45, 2.75) is 17.9 Å². The monoisotopic (exact) mass is 423 g/mol. The number of hydrogen-bond acceptors (Lipinski definition) is 4. The van der Waals surface area contributed by atoms with Crippen molar-refractivity contribution >= 4 is 44.8 Å². The van der Waals surface area contributed by atoms with Crippen LogP contribution in [0.1, 0.15) is 18.5 Å². The highest BCUT2D eigenvalue weighted by Crippen LogP contribution is 2.34. The van der Waals surface area contributed by atoms with Gasteiger partial charge in [0.1, 0.15) is 16.4 Å². The maximum Gasteiger partial charge on any atom is 0.242 e. The van der Waals surface area contributed by atoms with Crippen molar-refractivity contribution in [3.8, 4) is 11.5 Å². The molecule has 1 atom stereocenters. The van der Waals surface area contributed by atoms with Gasteiger partial charge < -0.3 is 9.47 Å². The number of benzene rings is 2. The van der Waals surface area contributed by atoms with Crippen LogP contribution in [0, 0.1) is 0 Å². The number of ether oxygens (including phenoxy) is 2. The van der Waals surface area contributed by atoms with Crippen LogP contribution in [-0.4, -0.2) is 22.6 Å². The molecule has 0 fully saturated rings. The molecule has 136 valence electrons. The lowest BCUT2D eigenvalue weighted by molar-refractivity contribution is 0.395. The molecule has 0 aromatic heterocycles. The number of rotatable bonds is 6. The summed E-state index contributed by atoms with van der Waals surface area (Å²) in [6.07, 6.45) is 0. The first kappa shape index (κ1) is 20.1. The smallest absolute Gasteiger partial charge is 0.242 e. The third-order valence-corrected chi connectivity index (χ3v) is 6.23. The molecule has 1 unspecified atom stereocenters. The average Bonchev–Trinajstić information content (AvgIpc) is 2.56. The van der Waals surface area contributed by atoms with Crippen molar-refractivity contribution in [2.75, 3.05) is 14.2 Å². The molecule has 5 nitrogen and oxygen atoms in total. The zero-order valence-electron chi connectivity index (χ0n) is 13.6. The second-order valence-corrected chi connectivity index (χ2v) is 8.05. The zero-order valence-corrected chi connectivity index (χ0v) is 16.7. The number of methoxy groups -OCH3 is 2. The van der Waals surface area contributed by atoms with Crippen molar-refractivity contribution in [1.29, 1.82) is 0 Å². The lowest BCUT2D eigenvalue weighted by Gasteiger charge is -2.19. The van der Waals surface area contributed by atoms with Gasteiger partial charge in [-0.15, -0.1) is 0 Å². The summed E-state index contributed by atoms with van der Waals surface area (Å²) >= 11 is 17.8. The summed E-state index contributed by atoms with van der Waals surface area (Å²) in [4.78, 5) is -0.155. The number of hydrogen-bond donors (Lipinski definition) is 1. The van der Waals surface area contributed by atoms with Crippen LogP contribution in [-0.2, 0) is 10.0 Å². The standard InChI is InChI=1S/C16H16Cl3NO4S/c1-9(11-6-10(23-2)4-5-15(11)24-3)20-25(21,22)16-8-13(18)12(17)7-14(16)19/h4-9,20H,1-3H3. The zero-order chi connectivity index (χ0) is 18.8. The summed E-state index contributed by atoms with van der Waals surface area (Å²) in [5.74, 6) is 1.10. The Morgan fingerprint density at radius 2 is 1.60 bits per heavy atom. The van der Waals surface area contributed by atoms with Crippen molar-refractivity contribution in [3.63, 3.8) is 0 Å². The van der Waals surface area contributed by atoms with Crippen LogP contribution in [0.25, 0.3) is 0 Å². The largest absolute Gasteiger partial charge is 0.497 e. The van der Waals surface area contributed by atoms with Gasteiger partial charge in [-0.3, -0.25) is 0 Å². The molecule has 0 radical (unpaired) electrons. The van der Waals surface area contributed by atoms with Gasteiger partial charge in [-0.25, -0.2) is 13.1 Å². The summed E-state index contributed by atoms with van der Waals surface area (Å²) < 4.78 is 38.4. The Hall–Kier alpha value is -1.18. The lowest BCUT2D eigenvalue weighted by atomic mass is 10.1. The summed E-state index contributed by atoms with van der Waals surface area (Å²) in [7, 11) is -0.917. The predicted molar refractivity (Wildman–Crippen MR) is 99.8 cm³/mol. The Morgan fingerprint density at radius 1 is 0.960 bits per heavy atom. The molecule has 0 bridgehead atoms. The van der Waals surface area contributed by atoms with E-state index in [9.17, 15) is 8.42 Å². The fourth-order valence-corrected chi connectivity index (χ4v) is 4.47. The minimum Gasteiger partial charge on any atom is -0.497 e. The van der Waals surface area contributed by atoms with Gasteiger partial charge >= 0.3 is 0 Å². The predicted octanol–water partition coefficient (Wildman–Crippen LogP) is 4.70. The third-order valence-electron chi connectivity index (χ3n) is 3.50. The molecule has 1 N–H and O–H groups in total. The van der Waals surface area contributed by atoms with Crippen molar-refractivity contribution < 1.29 is 17.9 Å². The number of halogens is 3. The van der Waals surface area contributed by atoms with Crippen molar-refractivity contribution in [2.24, 2.45) is 0 Å². The first-order valence-corrected chi connectivity index (χ1v) is 9.70. The SMILES string of the molecule is COc1ccc(OC)c(C(C)NS(=O)(=O)c2cc(Cl)c(Cl)cc2Cl)c1. The van der Waals surface area contributed by atoms with E-state index < -0.39 is 16.1 Å². The van der Waals surface area contributed by atoms with Crippen LogP contribution in [0.2, 0.25) is 15.1 Å². The molecule has 0 saturated heterocycles. The highest BCUT2D eigenvalue weighted by atomic mass is 35.5. The van der Waals surface area contributed by atoms with Gasteiger partial charge in [-0.05, 0) is 37.3 Å². The highest BCUT2D eigenvalue weighted by Gasteiger charge is 2.24. The van der Waals surface area contributed by atoms with E-state index in [1.165, 1.54) is 26.4 Å². The van der Waals surface area contributed by atoms with Crippen molar-refractivity contribution in [1.82, 2.24) is 4.72 Å². The Morgan fingerprint density at radius 3 is 2.20 bits per heavy atom. The normalized spacial score (nSPS) is 12.7. The topological polar surface area (TPSA) is 64.6 Å². The second-order valence-electron chi connectivity index (χ2n) is 5.15. The molecule has 0 amide bonds. The first-order chi connectivity index (χ1) is 11.7. The Labute approximate surface area is 161 Å². The van der Waals surface area contributed by atoms with Gasteiger partial charge in [0.15, 0.2) is 0 Å². The molecule has 0 aliphatic rings. The van der Waals surface area contributed by atoms with E-state index in [2.05, 4.69) is 4.72 Å². The summed E-state index contributed by atoms with van der Waals surface area (Å²) in [6, 6.07) is 7.01. The van der Waals surface area contributed by atoms with Crippen LogP contribution >= 0.6 is 34.8 Å². The van der Waals surface area contributed by atoms with Gasteiger partial charge in [-0.1, -0.05) is 34.8 Å². The van der Waals surface area contributed by atoms with E-state index in [-0.39, 0.29) is 20.0 Å². The molecule has 25 heavy (non-hydrogen) atoms. The van der Waals surface area contributed by atoms with E-state index in [0.717, 1.165) is 0 Å². The Balaban J connectivity index is 2.40. The van der Waals surface area contributed by atoms with E-state index in [4.69, 9.17) is 44.3 Å². The molecule has 9 heteroatoms. The second kappa shape index (κ2) is 8.01. The summed E-state index contributed by atoms with van der Waals surface area (Å²) in [5.41, 5.74) is 0.613. The first-order valence-electron chi connectivity index (χ1n) is 7.08. The van der Waals surface area contributed by atoms with Gasteiger partial charge in [0.2, 0.25) is 10.0 Å². The molecule has 0 aliphatic heterocycles. The molecule has 0 heterocycles.